The molecule has 0 saturated carbocycles. The molecule has 6 heteroatoms. The lowest BCUT2D eigenvalue weighted by Crippen LogP contribution is -2.11. The molecule has 0 amide bonds. The lowest BCUT2D eigenvalue weighted by Gasteiger charge is -2.14. The number of halogens is 4. The third-order valence-corrected chi connectivity index (χ3v) is 3.12. The molecule has 0 atom stereocenters. The standard InChI is InChI=1S/C12H9ClF3NO/c1-6-9(13)7-4-3-5-8(18-2)10(7)17-11(6)12(14,15)16/h3-5H,1-2H3. The molecule has 0 aliphatic heterocycles. The molecule has 2 nitrogen and oxygen atoms in total. The van der Waals surface area contributed by atoms with Crippen LogP contribution in [0, 0.1) is 6.92 Å². The maximum Gasteiger partial charge on any atom is 0.433 e. The second-order valence-corrected chi connectivity index (χ2v) is 4.13. The molecule has 0 spiro atoms. The molecule has 0 N–H and O–H groups in total. The van der Waals surface area contributed by atoms with E-state index in [0.717, 1.165) is 0 Å². The second-order valence-electron chi connectivity index (χ2n) is 3.75. The monoisotopic (exact) mass is 275 g/mol. The normalized spacial score (nSPS) is 11.9. The van der Waals surface area contributed by atoms with Crippen LogP contribution in [-0.4, -0.2) is 12.1 Å². The van der Waals surface area contributed by atoms with Crippen LogP contribution in [0.1, 0.15) is 11.3 Å². The van der Waals surface area contributed by atoms with Crippen molar-refractivity contribution in [2.24, 2.45) is 0 Å². The van der Waals surface area contributed by atoms with Crippen molar-refractivity contribution in [3.8, 4) is 5.75 Å². The molecule has 96 valence electrons. The molecule has 2 rings (SSSR count). The number of methoxy groups -OCH3 is 1. The first-order valence-corrected chi connectivity index (χ1v) is 5.44. The van der Waals surface area contributed by atoms with E-state index in [-0.39, 0.29) is 21.9 Å². The summed E-state index contributed by atoms with van der Waals surface area (Å²) in [7, 11) is 1.37. The highest BCUT2D eigenvalue weighted by atomic mass is 35.5. The summed E-state index contributed by atoms with van der Waals surface area (Å²) >= 11 is 5.97. The fourth-order valence-corrected chi connectivity index (χ4v) is 2.00. The van der Waals surface area contributed by atoms with E-state index in [0.29, 0.717) is 5.39 Å². The third-order valence-electron chi connectivity index (χ3n) is 2.63. The van der Waals surface area contributed by atoms with Crippen LogP contribution in [0.4, 0.5) is 13.2 Å². The van der Waals surface area contributed by atoms with Crippen LogP contribution in [0.25, 0.3) is 10.9 Å². The Labute approximate surface area is 106 Å². The van der Waals surface area contributed by atoms with Gasteiger partial charge < -0.3 is 4.74 Å². The number of benzene rings is 1. The Morgan fingerprint density at radius 3 is 2.50 bits per heavy atom. The number of fused-ring (bicyclic) bond motifs is 1. The topological polar surface area (TPSA) is 22.1 Å². The van der Waals surface area contributed by atoms with Crippen molar-refractivity contribution in [3.63, 3.8) is 0 Å². The van der Waals surface area contributed by atoms with Crippen LogP contribution in [0.3, 0.4) is 0 Å². The van der Waals surface area contributed by atoms with Crippen LogP contribution in [0.2, 0.25) is 5.02 Å². The third kappa shape index (κ3) is 1.99. The number of para-hydroxylation sites is 1. The van der Waals surface area contributed by atoms with E-state index in [2.05, 4.69) is 4.98 Å². The predicted octanol–water partition coefficient (Wildman–Crippen LogP) is 4.22. The van der Waals surface area contributed by atoms with Gasteiger partial charge in [-0.15, -0.1) is 0 Å². The van der Waals surface area contributed by atoms with Crippen molar-refractivity contribution in [3.05, 3.63) is 34.5 Å². The molecule has 0 unspecified atom stereocenters. The quantitative estimate of drug-likeness (QED) is 0.777. The summed E-state index contributed by atoms with van der Waals surface area (Å²) in [4.78, 5) is 3.64. The van der Waals surface area contributed by atoms with Crippen LogP contribution >= 0.6 is 11.6 Å². The van der Waals surface area contributed by atoms with Gasteiger partial charge >= 0.3 is 6.18 Å². The van der Waals surface area contributed by atoms with Gasteiger partial charge in [0.05, 0.1) is 12.1 Å². The Hall–Kier alpha value is -1.49. The minimum Gasteiger partial charge on any atom is -0.494 e. The number of ether oxygens (including phenoxy) is 1. The number of pyridine rings is 1. The highest BCUT2D eigenvalue weighted by molar-refractivity contribution is 6.36. The molecular formula is C12H9ClF3NO. The summed E-state index contributed by atoms with van der Waals surface area (Å²) in [5.74, 6) is 0.264. The maximum absolute atomic E-state index is 12.8. The molecule has 0 fully saturated rings. The smallest absolute Gasteiger partial charge is 0.433 e. The number of rotatable bonds is 1. The lowest BCUT2D eigenvalue weighted by atomic mass is 10.1. The van der Waals surface area contributed by atoms with Crippen molar-refractivity contribution in [1.29, 1.82) is 0 Å². The predicted molar refractivity (Wildman–Crippen MR) is 63.0 cm³/mol. The van der Waals surface area contributed by atoms with E-state index in [1.807, 2.05) is 0 Å². The zero-order valence-corrected chi connectivity index (χ0v) is 10.4. The van der Waals surface area contributed by atoms with E-state index >= 15 is 0 Å². The number of nitrogens with zero attached hydrogens (tertiary/aromatic N) is 1. The average Bonchev–Trinajstić information content (AvgIpc) is 2.31. The van der Waals surface area contributed by atoms with Gasteiger partial charge in [-0.25, -0.2) is 4.98 Å². The highest BCUT2D eigenvalue weighted by Crippen LogP contribution is 2.38. The first-order chi connectivity index (χ1) is 8.36. The zero-order valence-electron chi connectivity index (χ0n) is 9.60. The highest BCUT2D eigenvalue weighted by Gasteiger charge is 2.36. The second kappa shape index (κ2) is 4.31. The van der Waals surface area contributed by atoms with Crippen LogP contribution < -0.4 is 4.74 Å². The van der Waals surface area contributed by atoms with Crippen LogP contribution in [-0.2, 0) is 6.18 Å². The van der Waals surface area contributed by atoms with Gasteiger partial charge in [0.2, 0.25) is 0 Å². The fraction of sp³-hybridized carbons (Fsp3) is 0.250. The van der Waals surface area contributed by atoms with Gasteiger partial charge in [0.1, 0.15) is 17.0 Å². The SMILES string of the molecule is COc1cccc2c(Cl)c(C)c(C(F)(F)F)nc12. The van der Waals surface area contributed by atoms with E-state index in [1.165, 1.54) is 14.0 Å². The number of alkyl halides is 3. The summed E-state index contributed by atoms with van der Waals surface area (Å²) in [5.41, 5.74) is -0.947. The first kappa shape index (κ1) is 13.0. The zero-order chi connectivity index (χ0) is 13.5. The van der Waals surface area contributed by atoms with Crippen molar-refractivity contribution >= 4 is 22.5 Å². The Bertz CT molecular complexity index is 610. The molecular weight excluding hydrogens is 267 g/mol. The van der Waals surface area contributed by atoms with Crippen LogP contribution in [0.15, 0.2) is 18.2 Å². The minimum absolute atomic E-state index is 0.0474. The van der Waals surface area contributed by atoms with Crippen molar-refractivity contribution in [2.45, 2.75) is 13.1 Å². The molecule has 1 heterocycles. The average molecular weight is 276 g/mol. The van der Waals surface area contributed by atoms with E-state index in [4.69, 9.17) is 16.3 Å². The molecule has 0 bridgehead atoms. The summed E-state index contributed by atoms with van der Waals surface area (Å²) < 4.78 is 43.5. The molecule has 1 aromatic carbocycles. The Morgan fingerprint density at radius 2 is 1.94 bits per heavy atom. The summed E-state index contributed by atoms with van der Waals surface area (Å²) in [6, 6.07) is 4.81. The summed E-state index contributed by atoms with van der Waals surface area (Å²) in [6.45, 7) is 1.30. The maximum atomic E-state index is 12.8. The summed E-state index contributed by atoms with van der Waals surface area (Å²) in [6.07, 6.45) is -4.54. The lowest BCUT2D eigenvalue weighted by molar-refractivity contribution is -0.141. The van der Waals surface area contributed by atoms with Gasteiger partial charge in [0.25, 0.3) is 0 Å². The molecule has 0 saturated heterocycles. The number of hydrogen-bond donors (Lipinski definition) is 0. The van der Waals surface area contributed by atoms with E-state index in [9.17, 15) is 13.2 Å². The van der Waals surface area contributed by atoms with Gasteiger partial charge in [0.15, 0.2) is 0 Å². The van der Waals surface area contributed by atoms with Crippen molar-refractivity contribution < 1.29 is 17.9 Å². The van der Waals surface area contributed by atoms with E-state index in [1.54, 1.807) is 18.2 Å². The van der Waals surface area contributed by atoms with Gasteiger partial charge in [-0.05, 0) is 18.6 Å². The molecule has 0 radical (unpaired) electrons. The first-order valence-electron chi connectivity index (χ1n) is 5.06. The number of aromatic nitrogens is 1. The largest absolute Gasteiger partial charge is 0.494 e. The van der Waals surface area contributed by atoms with Gasteiger partial charge in [-0.2, -0.15) is 13.2 Å². The molecule has 2 aromatic rings. The van der Waals surface area contributed by atoms with Gasteiger partial charge in [0, 0.05) is 5.39 Å². The molecule has 18 heavy (non-hydrogen) atoms. The van der Waals surface area contributed by atoms with Gasteiger partial charge in [-0.1, -0.05) is 23.7 Å². The fourth-order valence-electron chi connectivity index (χ4n) is 1.76. The Balaban J connectivity index is 2.89. The summed E-state index contributed by atoms with van der Waals surface area (Å²) in [5, 5.41) is 0.493. The van der Waals surface area contributed by atoms with E-state index < -0.39 is 11.9 Å². The molecule has 0 aliphatic carbocycles. The minimum atomic E-state index is -4.54. The molecule has 1 aromatic heterocycles. The van der Waals surface area contributed by atoms with Crippen molar-refractivity contribution in [2.75, 3.05) is 7.11 Å². The van der Waals surface area contributed by atoms with Gasteiger partial charge in [-0.3, -0.25) is 0 Å². The Morgan fingerprint density at radius 1 is 1.28 bits per heavy atom. The van der Waals surface area contributed by atoms with Crippen LogP contribution in [0.5, 0.6) is 5.75 Å². The molecule has 0 aliphatic rings. The number of hydrogen-bond acceptors (Lipinski definition) is 2. The Kier molecular flexibility index (Phi) is 3.11. The van der Waals surface area contributed by atoms with Crippen molar-refractivity contribution in [1.82, 2.24) is 4.98 Å².